The van der Waals surface area contributed by atoms with Crippen LogP contribution in [0.15, 0.2) is 36.4 Å². The lowest BCUT2D eigenvalue weighted by Crippen LogP contribution is -2.07. The Morgan fingerprint density at radius 2 is 0.525 bits per heavy atom. The predicted octanol–water partition coefficient (Wildman–Crippen LogP) is 16.7. The van der Waals surface area contributed by atoms with Crippen LogP contribution < -0.4 is 18.9 Å². The van der Waals surface area contributed by atoms with E-state index < -0.39 is 0 Å². The Balaban J connectivity index is 1.30. The summed E-state index contributed by atoms with van der Waals surface area (Å²) >= 11 is 9.56. The van der Waals surface area contributed by atoms with Crippen LogP contribution in [0.2, 0.25) is 0 Å². The second kappa shape index (κ2) is 16.9. The van der Waals surface area contributed by atoms with Crippen molar-refractivity contribution in [2.45, 2.75) is 109 Å². The Kier molecular flexibility index (Phi) is 12.4. The van der Waals surface area contributed by atoms with E-state index in [9.17, 15) is 0 Å². The fourth-order valence-corrected chi connectivity index (χ4v) is 15.4. The van der Waals surface area contributed by atoms with E-state index >= 15 is 0 Å². The third kappa shape index (κ3) is 7.49. The monoisotopic (exact) mass is 880 g/mol. The van der Waals surface area contributed by atoms with Crippen LogP contribution in [-0.4, -0.2) is 26.4 Å². The molecule has 4 nitrogen and oxygen atoms in total. The molecular weight excluding hydrogens is 825 g/mol. The number of benzene rings is 2. The van der Waals surface area contributed by atoms with Gasteiger partial charge in [-0.25, -0.2) is 0 Å². The summed E-state index contributed by atoms with van der Waals surface area (Å²) in [5.74, 6) is 3.40. The zero-order valence-corrected chi connectivity index (χ0v) is 41.4. The average Bonchev–Trinajstić information content (AvgIpc) is 3.93. The zero-order valence-electron chi connectivity index (χ0n) is 37.3. The highest BCUT2D eigenvalue weighted by Crippen LogP contribution is 2.56. The Labute approximate surface area is 371 Å². The standard InChI is InChI=1S/C50H56O4S5/c1-23(2)53-37-21-17-19-35(51-15)39(37)41-25(5)27(7)43(55-41)45-29(9)31(11)47(57-45)49-33(13)34(14)50(59-49)48-32(12)30(10)46(58-48)44-28(8)26(6)42(56-44)40-36(52-16)20-18-22-38(40)54-24(3)4/h17-24H,1-16H3. The molecule has 0 saturated heterocycles. The molecule has 0 saturated carbocycles. The molecule has 0 aliphatic heterocycles. The minimum absolute atomic E-state index is 0.0573. The van der Waals surface area contributed by atoms with Gasteiger partial charge in [-0.3, -0.25) is 0 Å². The molecule has 0 spiro atoms. The molecule has 2 aromatic carbocycles. The van der Waals surface area contributed by atoms with Crippen molar-refractivity contribution in [1.29, 1.82) is 0 Å². The van der Waals surface area contributed by atoms with Crippen LogP contribution in [0, 0.1) is 69.2 Å². The summed E-state index contributed by atoms with van der Waals surface area (Å²) in [6, 6.07) is 12.2. The van der Waals surface area contributed by atoms with Crippen molar-refractivity contribution in [3.05, 3.63) is 92.0 Å². The molecule has 7 rings (SSSR count). The molecule has 0 unspecified atom stereocenters. The van der Waals surface area contributed by atoms with Gasteiger partial charge >= 0.3 is 0 Å². The number of hydrogen-bond acceptors (Lipinski definition) is 9. The Bertz CT molecular complexity index is 2520. The molecule has 5 heterocycles. The molecule has 0 bridgehead atoms. The maximum Gasteiger partial charge on any atom is 0.132 e. The number of rotatable bonds is 12. The van der Waals surface area contributed by atoms with E-state index in [1.165, 1.54) is 104 Å². The highest BCUT2D eigenvalue weighted by atomic mass is 32.1. The lowest BCUT2D eigenvalue weighted by atomic mass is 10.0. The van der Waals surface area contributed by atoms with Crippen LogP contribution in [0.5, 0.6) is 23.0 Å². The summed E-state index contributed by atoms with van der Waals surface area (Å²) in [4.78, 5) is 13.3. The van der Waals surface area contributed by atoms with Crippen molar-refractivity contribution in [1.82, 2.24) is 0 Å². The first-order valence-electron chi connectivity index (χ1n) is 20.2. The van der Waals surface area contributed by atoms with E-state index in [2.05, 4.69) is 109 Å². The fraction of sp³-hybridized carbons (Fsp3) is 0.360. The first-order chi connectivity index (χ1) is 28.0. The third-order valence-electron chi connectivity index (χ3n) is 11.7. The van der Waals surface area contributed by atoms with E-state index in [1.54, 1.807) is 14.2 Å². The van der Waals surface area contributed by atoms with Crippen LogP contribution >= 0.6 is 56.7 Å². The minimum Gasteiger partial charge on any atom is -0.496 e. The molecule has 0 aliphatic carbocycles. The smallest absolute Gasteiger partial charge is 0.132 e. The van der Waals surface area contributed by atoms with Crippen molar-refractivity contribution in [3.8, 4) is 82.9 Å². The van der Waals surface area contributed by atoms with Crippen molar-refractivity contribution in [3.63, 3.8) is 0 Å². The predicted molar refractivity (Wildman–Crippen MR) is 260 cm³/mol. The van der Waals surface area contributed by atoms with Gasteiger partial charge in [-0.2, -0.15) is 0 Å². The number of thiophene rings is 5. The van der Waals surface area contributed by atoms with Gasteiger partial charge in [0, 0.05) is 48.8 Å². The summed E-state index contributed by atoms with van der Waals surface area (Å²) in [6.45, 7) is 31.1. The highest BCUT2D eigenvalue weighted by Gasteiger charge is 2.29. The van der Waals surface area contributed by atoms with Gasteiger partial charge < -0.3 is 18.9 Å². The van der Waals surface area contributed by atoms with Crippen molar-refractivity contribution >= 4 is 56.7 Å². The van der Waals surface area contributed by atoms with E-state index in [0.717, 1.165) is 34.1 Å². The van der Waals surface area contributed by atoms with Gasteiger partial charge in [-0.1, -0.05) is 12.1 Å². The fourth-order valence-electron chi connectivity index (χ4n) is 7.70. The molecule has 0 atom stereocenters. The number of hydrogen-bond donors (Lipinski definition) is 0. The Hall–Kier alpha value is -3.86. The third-order valence-corrected chi connectivity index (χ3v) is 19.3. The van der Waals surface area contributed by atoms with Gasteiger partial charge in [0.25, 0.3) is 0 Å². The average molecular weight is 881 g/mol. The Morgan fingerprint density at radius 1 is 0.322 bits per heavy atom. The largest absolute Gasteiger partial charge is 0.496 e. The van der Waals surface area contributed by atoms with Crippen LogP contribution in [0.3, 0.4) is 0 Å². The quantitative estimate of drug-likeness (QED) is 0.123. The van der Waals surface area contributed by atoms with Crippen molar-refractivity contribution in [2.24, 2.45) is 0 Å². The molecule has 0 amide bonds. The first kappa shape index (κ1) is 43.2. The van der Waals surface area contributed by atoms with Crippen LogP contribution in [0.4, 0.5) is 0 Å². The maximum atomic E-state index is 6.34. The minimum atomic E-state index is 0.0573. The summed E-state index contributed by atoms with van der Waals surface area (Å²) in [5.41, 5.74) is 15.4. The molecule has 5 aromatic heterocycles. The summed E-state index contributed by atoms with van der Waals surface area (Å²) in [7, 11) is 3.49. The first-order valence-corrected chi connectivity index (χ1v) is 24.3. The van der Waals surface area contributed by atoms with E-state index in [4.69, 9.17) is 18.9 Å². The van der Waals surface area contributed by atoms with Gasteiger partial charge in [-0.15, -0.1) is 56.7 Å². The summed E-state index contributed by atoms with van der Waals surface area (Å²) < 4.78 is 24.5. The van der Waals surface area contributed by atoms with E-state index in [1.807, 2.05) is 80.9 Å². The van der Waals surface area contributed by atoms with Crippen molar-refractivity contribution in [2.75, 3.05) is 14.2 Å². The SMILES string of the molecule is COc1cccc(OC(C)C)c1-c1sc(-c2sc(-c3sc(-c4sc(-c5sc(-c6c(OC)cccc6OC(C)C)c(C)c5C)c(C)c4C)c(C)c3C)c(C)c2C)c(C)c1C. The van der Waals surface area contributed by atoms with Gasteiger partial charge in [-0.05, 0) is 177 Å². The van der Waals surface area contributed by atoms with Crippen LogP contribution in [0.1, 0.15) is 83.3 Å². The molecule has 0 fully saturated rings. The highest BCUT2D eigenvalue weighted by molar-refractivity contribution is 7.31. The normalized spacial score (nSPS) is 11.7. The summed E-state index contributed by atoms with van der Waals surface area (Å²) in [6.07, 6.45) is 0.115. The van der Waals surface area contributed by atoms with Crippen LogP contribution in [-0.2, 0) is 0 Å². The van der Waals surface area contributed by atoms with Crippen LogP contribution in [0.25, 0.3) is 59.9 Å². The van der Waals surface area contributed by atoms with Gasteiger partial charge in [0.05, 0.1) is 37.6 Å². The topological polar surface area (TPSA) is 36.9 Å². The van der Waals surface area contributed by atoms with Gasteiger partial charge in [0.1, 0.15) is 23.0 Å². The molecule has 59 heavy (non-hydrogen) atoms. The maximum absolute atomic E-state index is 6.34. The van der Waals surface area contributed by atoms with Gasteiger partial charge in [0.2, 0.25) is 0 Å². The second-order valence-corrected chi connectivity index (χ2v) is 21.2. The molecule has 7 aromatic rings. The molecule has 310 valence electrons. The van der Waals surface area contributed by atoms with Crippen molar-refractivity contribution < 1.29 is 18.9 Å². The lowest BCUT2D eigenvalue weighted by molar-refractivity contribution is 0.242. The van der Waals surface area contributed by atoms with E-state index in [0.29, 0.717) is 0 Å². The number of methoxy groups -OCH3 is 2. The Morgan fingerprint density at radius 3 is 0.746 bits per heavy atom. The molecule has 0 radical (unpaired) electrons. The molecule has 0 N–H and O–H groups in total. The summed E-state index contributed by atoms with van der Waals surface area (Å²) in [5, 5.41) is 0. The zero-order chi connectivity index (χ0) is 42.8. The molecular formula is C50H56O4S5. The van der Waals surface area contributed by atoms with E-state index in [-0.39, 0.29) is 12.2 Å². The second-order valence-electron chi connectivity index (χ2n) is 16.1. The molecule has 9 heteroatoms. The van der Waals surface area contributed by atoms with Gasteiger partial charge in [0.15, 0.2) is 0 Å². The molecule has 0 aliphatic rings. The number of ether oxygens (including phenoxy) is 4. The lowest BCUT2D eigenvalue weighted by Gasteiger charge is -2.16.